The summed E-state index contributed by atoms with van der Waals surface area (Å²) < 4.78 is 5.54. The van der Waals surface area contributed by atoms with Gasteiger partial charge in [0.25, 0.3) is 5.91 Å². The van der Waals surface area contributed by atoms with Crippen molar-refractivity contribution in [3.63, 3.8) is 0 Å². The molecular weight excluding hydrogens is 258 g/mol. The minimum Gasteiger partial charge on any atom is -0.481 e. The molecule has 0 fully saturated rings. The van der Waals surface area contributed by atoms with Crippen LogP contribution in [0, 0.1) is 6.92 Å². The first-order valence-corrected chi connectivity index (χ1v) is 6.40. The molecule has 0 aliphatic carbocycles. The number of carbonyl (C=O) groups is 2. The normalized spacial score (nSPS) is 13.4. The van der Waals surface area contributed by atoms with Crippen molar-refractivity contribution in [3.8, 4) is 5.75 Å². The summed E-state index contributed by atoms with van der Waals surface area (Å²) in [5, 5.41) is 5.14. The Balaban J connectivity index is 2.78. The maximum Gasteiger partial charge on any atom is 0.318 e. The van der Waals surface area contributed by atoms with Crippen LogP contribution in [0.2, 0.25) is 0 Å². The monoisotopic (exact) mass is 279 g/mol. The highest BCUT2D eigenvalue weighted by Gasteiger charge is 2.17. The highest BCUT2D eigenvalue weighted by atomic mass is 16.5. The van der Waals surface area contributed by atoms with Gasteiger partial charge in [0.1, 0.15) is 5.75 Å². The molecule has 20 heavy (non-hydrogen) atoms. The second kappa shape index (κ2) is 6.91. The molecule has 4 N–H and O–H groups in total. The number of aryl methyl sites for hydroxylation is 1. The van der Waals surface area contributed by atoms with E-state index in [1.807, 2.05) is 37.5 Å². The Morgan fingerprint density at radius 3 is 2.45 bits per heavy atom. The predicted molar refractivity (Wildman–Crippen MR) is 76.5 cm³/mol. The van der Waals surface area contributed by atoms with Gasteiger partial charge in [-0.1, -0.05) is 12.1 Å². The number of nitrogens with two attached hydrogens (primary N) is 1. The van der Waals surface area contributed by atoms with Crippen molar-refractivity contribution in [2.75, 3.05) is 7.05 Å². The first-order valence-electron chi connectivity index (χ1n) is 6.40. The fourth-order valence-corrected chi connectivity index (χ4v) is 1.71. The van der Waals surface area contributed by atoms with E-state index in [4.69, 9.17) is 10.5 Å². The number of imide groups is 1. The summed E-state index contributed by atoms with van der Waals surface area (Å²) in [5.74, 6) is 0.0359. The minimum absolute atomic E-state index is 0.235. The van der Waals surface area contributed by atoms with Crippen LogP contribution < -0.4 is 21.1 Å². The SMILES string of the molecule is CNC(C)c1ccc(OC(C)C(=O)NC(N)=O)c(C)c1. The van der Waals surface area contributed by atoms with Crippen molar-refractivity contribution in [1.82, 2.24) is 10.6 Å². The molecule has 0 saturated heterocycles. The average Bonchev–Trinajstić information content (AvgIpc) is 2.39. The van der Waals surface area contributed by atoms with Crippen LogP contribution in [-0.2, 0) is 4.79 Å². The molecule has 1 aromatic carbocycles. The smallest absolute Gasteiger partial charge is 0.318 e. The lowest BCUT2D eigenvalue weighted by atomic mass is 10.1. The summed E-state index contributed by atoms with van der Waals surface area (Å²) in [5.41, 5.74) is 6.94. The Hall–Kier alpha value is -2.08. The van der Waals surface area contributed by atoms with E-state index in [2.05, 4.69) is 12.2 Å². The van der Waals surface area contributed by atoms with E-state index in [1.54, 1.807) is 6.92 Å². The van der Waals surface area contributed by atoms with Crippen LogP contribution in [0.5, 0.6) is 5.75 Å². The van der Waals surface area contributed by atoms with Crippen LogP contribution in [0.1, 0.15) is 31.0 Å². The Labute approximate surface area is 118 Å². The number of nitrogens with one attached hydrogen (secondary N) is 2. The van der Waals surface area contributed by atoms with Crippen molar-refractivity contribution in [2.45, 2.75) is 32.9 Å². The van der Waals surface area contributed by atoms with Gasteiger partial charge in [0.2, 0.25) is 0 Å². The molecule has 0 saturated carbocycles. The molecule has 2 atom stereocenters. The fourth-order valence-electron chi connectivity index (χ4n) is 1.71. The Morgan fingerprint density at radius 2 is 1.95 bits per heavy atom. The summed E-state index contributed by atoms with van der Waals surface area (Å²) in [6, 6.07) is 5.09. The molecular formula is C14H21N3O3. The van der Waals surface area contributed by atoms with Crippen molar-refractivity contribution in [1.29, 1.82) is 0 Å². The molecule has 0 radical (unpaired) electrons. The van der Waals surface area contributed by atoms with Gasteiger partial charge >= 0.3 is 6.03 Å². The molecule has 110 valence electrons. The maximum absolute atomic E-state index is 11.5. The molecule has 0 spiro atoms. The van der Waals surface area contributed by atoms with Crippen molar-refractivity contribution in [2.24, 2.45) is 5.73 Å². The maximum atomic E-state index is 11.5. The van der Waals surface area contributed by atoms with Crippen LogP contribution in [0.4, 0.5) is 4.79 Å². The van der Waals surface area contributed by atoms with Crippen molar-refractivity contribution in [3.05, 3.63) is 29.3 Å². The van der Waals surface area contributed by atoms with Gasteiger partial charge in [0.05, 0.1) is 0 Å². The van der Waals surface area contributed by atoms with Crippen molar-refractivity contribution >= 4 is 11.9 Å². The number of carbonyl (C=O) groups excluding carboxylic acids is 2. The van der Waals surface area contributed by atoms with Crippen molar-refractivity contribution < 1.29 is 14.3 Å². The lowest BCUT2D eigenvalue weighted by molar-refractivity contribution is -0.126. The summed E-state index contributed by atoms with van der Waals surface area (Å²) >= 11 is 0. The van der Waals surface area contributed by atoms with Gasteiger partial charge in [0, 0.05) is 6.04 Å². The second-order valence-electron chi connectivity index (χ2n) is 4.65. The van der Waals surface area contributed by atoms with Crippen LogP contribution >= 0.6 is 0 Å². The molecule has 3 amide bonds. The average molecular weight is 279 g/mol. The number of hydrogen-bond acceptors (Lipinski definition) is 4. The summed E-state index contributed by atoms with van der Waals surface area (Å²) in [6.07, 6.45) is -0.797. The number of amides is 3. The molecule has 1 aromatic rings. The zero-order chi connectivity index (χ0) is 15.3. The van der Waals surface area contributed by atoms with E-state index in [9.17, 15) is 9.59 Å². The number of urea groups is 1. The Bertz CT molecular complexity index is 502. The van der Waals surface area contributed by atoms with Gasteiger partial charge in [-0.3, -0.25) is 10.1 Å². The van der Waals surface area contributed by atoms with E-state index in [0.29, 0.717) is 5.75 Å². The number of ether oxygens (including phenoxy) is 1. The van der Waals surface area contributed by atoms with Gasteiger partial charge < -0.3 is 15.8 Å². The zero-order valence-corrected chi connectivity index (χ0v) is 12.2. The molecule has 2 unspecified atom stereocenters. The number of rotatable bonds is 5. The Kier molecular flexibility index (Phi) is 5.52. The number of primary amides is 1. The molecule has 0 aliphatic heterocycles. The molecule has 0 heterocycles. The van der Waals surface area contributed by atoms with Gasteiger partial charge in [-0.2, -0.15) is 0 Å². The lowest BCUT2D eigenvalue weighted by Crippen LogP contribution is -2.42. The van der Waals surface area contributed by atoms with Gasteiger partial charge in [-0.25, -0.2) is 4.79 Å². The third-order valence-corrected chi connectivity index (χ3v) is 3.05. The zero-order valence-electron chi connectivity index (χ0n) is 12.2. The molecule has 0 bridgehead atoms. The molecule has 0 aromatic heterocycles. The summed E-state index contributed by atoms with van der Waals surface area (Å²) in [4.78, 5) is 22.2. The third kappa shape index (κ3) is 4.24. The number of benzene rings is 1. The van der Waals surface area contributed by atoms with Gasteiger partial charge in [-0.05, 0) is 45.0 Å². The first kappa shape index (κ1) is 16.0. The molecule has 1 rings (SSSR count). The minimum atomic E-state index is -0.889. The van der Waals surface area contributed by atoms with Crippen LogP contribution in [-0.4, -0.2) is 25.1 Å². The quantitative estimate of drug-likeness (QED) is 0.756. The fraction of sp³-hybridized carbons (Fsp3) is 0.429. The number of hydrogen-bond donors (Lipinski definition) is 3. The summed E-state index contributed by atoms with van der Waals surface area (Å²) in [6.45, 7) is 5.51. The molecule has 0 aliphatic rings. The largest absolute Gasteiger partial charge is 0.481 e. The predicted octanol–water partition coefficient (Wildman–Crippen LogP) is 1.24. The van der Waals surface area contributed by atoms with E-state index in [-0.39, 0.29) is 6.04 Å². The Morgan fingerprint density at radius 1 is 1.30 bits per heavy atom. The van der Waals surface area contributed by atoms with Gasteiger partial charge in [-0.15, -0.1) is 0 Å². The first-order chi connectivity index (χ1) is 9.35. The van der Waals surface area contributed by atoms with Crippen LogP contribution in [0.3, 0.4) is 0 Å². The van der Waals surface area contributed by atoms with Crippen LogP contribution in [0.25, 0.3) is 0 Å². The highest BCUT2D eigenvalue weighted by Crippen LogP contribution is 2.23. The highest BCUT2D eigenvalue weighted by molar-refractivity contribution is 5.95. The standard InChI is InChI=1S/C14H21N3O3/c1-8-7-11(9(2)16-4)5-6-12(8)20-10(3)13(18)17-14(15)19/h5-7,9-10,16H,1-4H3,(H3,15,17,18,19). The third-order valence-electron chi connectivity index (χ3n) is 3.05. The van der Waals surface area contributed by atoms with E-state index in [0.717, 1.165) is 11.1 Å². The van der Waals surface area contributed by atoms with E-state index >= 15 is 0 Å². The summed E-state index contributed by atoms with van der Waals surface area (Å²) in [7, 11) is 1.89. The molecule has 6 nitrogen and oxygen atoms in total. The lowest BCUT2D eigenvalue weighted by Gasteiger charge is -2.17. The van der Waals surface area contributed by atoms with E-state index in [1.165, 1.54) is 0 Å². The topological polar surface area (TPSA) is 93.4 Å². The van der Waals surface area contributed by atoms with E-state index < -0.39 is 18.0 Å². The van der Waals surface area contributed by atoms with Gasteiger partial charge in [0.15, 0.2) is 6.10 Å². The second-order valence-corrected chi connectivity index (χ2v) is 4.65. The van der Waals surface area contributed by atoms with Crippen LogP contribution in [0.15, 0.2) is 18.2 Å². The molecule has 6 heteroatoms.